The molecule has 26 heavy (non-hydrogen) atoms. The Bertz CT molecular complexity index is 864. The number of para-hydroxylation sites is 1. The third-order valence-electron chi connectivity index (χ3n) is 4.11. The standard InChI is InChI=1S/C22H19NO3/c24-20(16-17-10-4-1-5-11-17)23(19-14-8-3-9-15-19)21(22(25)26)18-12-6-2-7-13-18/h1-15,21H,16H2,(H,25,26). The van der Waals surface area contributed by atoms with Crippen molar-refractivity contribution >= 4 is 17.6 Å². The van der Waals surface area contributed by atoms with Gasteiger partial charge < -0.3 is 5.11 Å². The summed E-state index contributed by atoms with van der Waals surface area (Å²) < 4.78 is 0. The summed E-state index contributed by atoms with van der Waals surface area (Å²) in [6.45, 7) is 0. The number of rotatable bonds is 6. The van der Waals surface area contributed by atoms with Crippen LogP contribution in [0, 0.1) is 0 Å². The van der Waals surface area contributed by atoms with E-state index in [1.54, 1.807) is 48.5 Å². The van der Waals surface area contributed by atoms with Crippen molar-refractivity contribution in [1.82, 2.24) is 0 Å². The molecule has 3 rings (SSSR count). The molecule has 1 unspecified atom stereocenters. The molecule has 0 heterocycles. The van der Waals surface area contributed by atoms with Crippen molar-refractivity contribution in [2.75, 3.05) is 4.90 Å². The van der Waals surface area contributed by atoms with E-state index in [9.17, 15) is 14.7 Å². The minimum atomic E-state index is -1.09. The molecule has 0 aliphatic heterocycles. The second-order valence-corrected chi connectivity index (χ2v) is 5.91. The van der Waals surface area contributed by atoms with Crippen molar-refractivity contribution in [2.24, 2.45) is 0 Å². The fourth-order valence-electron chi connectivity index (χ4n) is 2.92. The number of benzene rings is 3. The average molecular weight is 345 g/mol. The molecule has 0 spiro atoms. The number of carboxylic acids is 1. The van der Waals surface area contributed by atoms with Gasteiger partial charge in [-0.15, -0.1) is 0 Å². The molecule has 130 valence electrons. The number of carbonyl (C=O) groups excluding carboxylic acids is 1. The molecule has 1 amide bonds. The van der Waals surface area contributed by atoms with Crippen molar-refractivity contribution in [2.45, 2.75) is 12.5 Å². The first-order chi connectivity index (χ1) is 12.7. The van der Waals surface area contributed by atoms with Crippen LogP contribution in [0.5, 0.6) is 0 Å². The molecule has 0 aliphatic carbocycles. The smallest absolute Gasteiger partial charge is 0.331 e. The van der Waals surface area contributed by atoms with E-state index in [0.29, 0.717) is 11.3 Å². The van der Waals surface area contributed by atoms with Crippen LogP contribution in [0.4, 0.5) is 5.69 Å². The SMILES string of the molecule is O=C(O)C(c1ccccc1)N(C(=O)Cc1ccccc1)c1ccccc1. The average Bonchev–Trinajstić information content (AvgIpc) is 2.67. The Morgan fingerprint density at radius 2 is 1.27 bits per heavy atom. The van der Waals surface area contributed by atoms with Gasteiger partial charge in [0, 0.05) is 5.69 Å². The number of amides is 1. The second-order valence-electron chi connectivity index (χ2n) is 5.91. The Hall–Kier alpha value is -3.40. The van der Waals surface area contributed by atoms with Crippen molar-refractivity contribution in [3.8, 4) is 0 Å². The Balaban J connectivity index is 2.02. The van der Waals surface area contributed by atoms with Gasteiger partial charge in [-0.25, -0.2) is 4.79 Å². The monoisotopic (exact) mass is 345 g/mol. The van der Waals surface area contributed by atoms with E-state index in [0.717, 1.165) is 5.56 Å². The van der Waals surface area contributed by atoms with E-state index in [2.05, 4.69) is 0 Å². The first-order valence-corrected chi connectivity index (χ1v) is 8.35. The largest absolute Gasteiger partial charge is 0.479 e. The minimum absolute atomic E-state index is 0.131. The number of hydrogen-bond acceptors (Lipinski definition) is 2. The van der Waals surface area contributed by atoms with Gasteiger partial charge in [-0.2, -0.15) is 0 Å². The lowest BCUT2D eigenvalue weighted by Gasteiger charge is -2.29. The first kappa shape index (κ1) is 17.4. The fourth-order valence-corrected chi connectivity index (χ4v) is 2.92. The number of carboxylic acid groups (broad SMARTS) is 1. The summed E-state index contributed by atoms with van der Waals surface area (Å²) in [5, 5.41) is 9.88. The van der Waals surface area contributed by atoms with Gasteiger partial charge in [-0.1, -0.05) is 78.9 Å². The van der Waals surface area contributed by atoms with Crippen LogP contribution in [0.25, 0.3) is 0 Å². The highest BCUT2D eigenvalue weighted by Crippen LogP contribution is 2.28. The van der Waals surface area contributed by atoms with Gasteiger partial charge in [-0.3, -0.25) is 9.69 Å². The zero-order valence-electron chi connectivity index (χ0n) is 14.2. The lowest BCUT2D eigenvalue weighted by Crippen LogP contribution is -2.40. The zero-order valence-corrected chi connectivity index (χ0v) is 14.2. The maximum atomic E-state index is 13.1. The van der Waals surface area contributed by atoms with Crippen LogP contribution in [0.2, 0.25) is 0 Å². The fraction of sp³-hybridized carbons (Fsp3) is 0.0909. The molecule has 0 fully saturated rings. The third kappa shape index (κ3) is 3.98. The second kappa shape index (κ2) is 8.12. The van der Waals surface area contributed by atoms with Crippen molar-refractivity contribution in [3.05, 3.63) is 102 Å². The summed E-state index contributed by atoms with van der Waals surface area (Å²) in [5.41, 5.74) is 1.96. The van der Waals surface area contributed by atoms with Gasteiger partial charge in [0.15, 0.2) is 6.04 Å². The van der Waals surface area contributed by atoms with Gasteiger partial charge in [0.25, 0.3) is 0 Å². The molecular weight excluding hydrogens is 326 g/mol. The van der Waals surface area contributed by atoms with Gasteiger partial charge in [0.05, 0.1) is 6.42 Å². The quantitative estimate of drug-likeness (QED) is 0.732. The van der Waals surface area contributed by atoms with Gasteiger partial charge >= 0.3 is 5.97 Å². The number of hydrogen-bond donors (Lipinski definition) is 1. The van der Waals surface area contributed by atoms with E-state index < -0.39 is 12.0 Å². The van der Waals surface area contributed by atoms with Crippen LogP contribution in [-0.2, 0) is 16.0 Å². The molecule has 0 radical (unpaired) electrons. The lowest BCUT2D eigenvalue weighted by atomic mass is 10.0. The number of nitrogens with zero attached hydrogens (tertiary/aromatic N) is 1. The van der Waals surface area contributed by atoms with Crippen LogP contribution >= 0.6 is 0 Å². The molecule has 0 bridgehead atoms. The van der Waals surface area contributed by atoms with E-state index in [1.165, 1.54) is 4.90 Å². The van der Waals surface area contributed by atoms with Crippen LogP contribution < -0.4 is 4.90 Å². The summed E-state index contributed by atoms with van der Waals surface area (Å²) in [4.78, 5) is 26.5. The van der Waals surface area contributed by atoms with Crippen LogP contribution in [0.3, 0.4) is 0 Å². The summed E-state index contributed by atoms with van der Waals surface area (Å²) in [7, 11) is 0. The molecule has 3 aromatic rings. The van der Waals surface area contributed by atoms with Crippen LogP contribution in [0.15, 0.2) is 91.0 Å². The van der Waals surface area contributed by atoms with Crippen molar-refractivity contribution < 1.29 is 14.7 Å². The molecule has 1 N–H and O–H groups in total. The molecule has 0 aliphatic rings. The van der Waals surface area contributed by atoms with E-state index >= 15 is 0 Å². The number of carbonyl (C=O) groups is 2. The lowest BCUT2D eigenvalue weighted by molar-refractivity contribution is -0.140. The maximum Gasteiger partial charge on any atom is 0.331 e. The summed E-state index contributed by atoms with van der Waals surface area (Å²) in [6.07, 6.45) is 0.131. The predicted molar refractivity (Wildman–Crippen MR) is 101 cm³/mol. The first-order valence-electron chi connectivity index (χ1n) is 8.35. The molecule has 3 aromatic carbocycles. The highest BCUT2D eigenvalue weighted by Gasteiger charge is 2.32. The van der Waals surface area contributed by atoms with Crippen molar-refractivity contribution in [3.63, 3.8) is 0 Å². The normalized spacial score (nSPS) is 11.5. The molecule has 0 aromatic heterocycles. The van der Waals surface area contributed by atoms with Gasteiger partial charge in [0.1, 0.15) is 0 Å². The summed E-state index contributed by atoms with van der Waals surface area (Å²) >= 11 is 0. The Kier molecular flexibility index (Phi) is 5.44. The van der Waals surface area contributed by atoms with E-state index in [4.69, 9.17) is 0 Å². The molecular formula is C22H19NO3. The highest BCUT2D eigenvalue weighted by molar-refractivity contribution is 6.00. The molecule has 0 saturated heterocycles. The summed E-state index contributed by atoms with van der Waals surface area (Å²) in [5.74, 6) is -1.33. The molecule has 4 nitrogen and oxygen atoms in total. The predicted octanol–water partition coefficient (Wildman–Crippen LogP) is 4.09. The van der Waals surface area contributed by atoms with Gasteiger partial charge in [-0.05, 0) is 23.3 Å². The van der Waals surface area contributed by atoms with Crippen molar-refractivity contribution in [1.29, 1.82) is 0 Å². The van der Waals surface area contributed by atoms with E-state index in [1.807, 2.05) is 42.5 Å². The maximum absolute atomic E-state index is 13.1. The summed E-state index contributed by atoms with van der Waals surface area (Å²) in [6, 6.07) is 26.0. The number of anilines is 1. The topological polar surface area (TPSA) is 57.6 Å². The molecule has 1 atom stereocenters. The minimum Gasteiger partial charge on any atom is -0.479 e. The molecule has 0 saturated carbocycles. The Morgan fingerprint density at radius 1 is 0.769 bits per heavy atom. The van der Waals surface area contributed by atoms with Crippen LogP contribution in [0.1, 0.15) is 17.2 Å². The van der Waals surface area contributed by atoms with Gasteiger partial charge in [0.2, 0.25) is 5.91 Å². The van der Waals surface area contributed by atoms with Crippen LogP contribution in [-0.4, -0.2) is 17.0 Å². The third-order valence-corrected chi connectivity index (χ3v) is 4.11. The Labute approximate surface area is 152 Å². The molecule has 4 heteroatoms. The zero-order chi connectivity index (χ0) is 18.4. The Morgan fingerprint density at radius 3 is 1.81 bits per heavy atom. The number of aliphatic carboxylic acids is 1. The highest BCUT2D eigenvalue weighted by atomic mass is 16.4. The van der Waals surface area contributed by atoms with E-state index in [-0.39, 0.29) is 12.3 Å².